The SMILES string of the molecule is CCC(O)c1cc(NC=O)ccn1. The van der Waals surface area contributed by atoms with Crippen LogP contribution in [0.2, 0.25) is 0 Å². The summed E-state index contributed by atoms with van der Waals surface area (Å²) in [4.78, 5) is 14.1. The minimum Gasteiger partial charge on any atom is -0.387 e. The van der Waals surface area contributed by atoms with E-state index in [9.17, 15) is 9.90 Å². The Bertz CT molecular complexity index is 289. The van der Waals surface area contributed by atoms with Gasteiger partial charge in [0.05, 0.1) is 11.8 Å². The van der Waals surface area contributed by atoms with Crippen LogP contribution in [0.15, 0.2) is 18.3 Å². The van der Waals surface area contributed by atoms with Gasteiger partial charge in [0.2, 0.25) is 6.41 Å². The lowest BCUT2D eigenvalue weighted by Crippen LogP contribution is -2.01. The third kappa shape index (κ3) is 2.52. The van der Waals surface area contributed by atoms with Crippen LogP contribution in [0.25, 0.3) is 0 Å². The molecule has 1 heterocycles. The summed E-state index contributed by atoms with van der Waals surface area (Å²) < 4.78 is 0. The molecule has 70 valence electrons. The van der Waals surface area contributed by atoms with Crippen LogP contribution in [0.1, 0.15) is 25.1 Å². The van der Waals surface area contributed by atoms with Crippen LogP contribution >= 0.6 is 0 Å². The van der Waals surface area contributed by atoms with Crippen LogP contribution in [0.3, 0.4) is 0 Å². The number of pyridine rings is 1. The van der Waals surface area contributed by atoms with E-state index in [0.717, 1.165) is 0 Å². The minimum absolute atomic E-state index is 0.562. The minimum atomic E-state index is -0.562. The summed E-state index contributed by atoms with van der Waals surface area (Å²) >= 11 is 0. The van der Waals surface area contributed by atoms with E-state index in [1.165, 1.54) is 0 Å². The van der Waals surface area contributed by atoms with E-state index < -0.39 is 6.10 Å². The molecule has 0 saturated heterocycles. The highest BCUT2D eigenvalue weighted by Crippen LogP contribution is 2.16. The smallest absolute Gasteiger partial charge is 0.211 e. The molecular formula is C9H12N2O2. The average molecular weight is 180 g/mol. The molecule has 1 atom stereocenters. The number of aromatic nitrogens is 1. The Kier molecular flexibility index (Phi) is 3.40. The number of carbonyl (C=O) groups is 1. The van der Waals surface area contributed by atoms with Crippen molar-refractivity contribution in [1.29, 1.82) is 0 Å². The van der Waals surface area contributed by atoms with Gasteiger partial charge in [-0.2, -0.15) is 0 Å². The van der Waals surface area contributed by atoms with E-state index in [-0.39, 0.29) is 0 Å². The Morgan fingerprint density at radius 3 is 3.15 bits per heavy atom. The monoisotopic (exact) mass is 180 g/mol. The summed E-state index contributed by atoms with van der Waals surface area (Å²) in [5.74, 6) is 0. The van der Waals surface area contributed by atoms with Crippen molar-refractivity contribution in [1.82, 2.24) is 4.98 Å². The molecule has 0 bridgehead atoms. The van der Waals surface area contributed by atoms with Crippen LogP contribution in [-0.2, 0) is 4.79 Å². The second-order valence-electron chi connectivity index (χ2n) is 2.66. The van der Waals surface area contributed by atoms with Crippen LogP contribution < -0.4 is 5.32 Å². The second kappa shape index (κ2) is 4.57. The summed E-state index contributed by atoms with van der Waals surface area (Å²) in [5.41, 5.74) is 1.22. The lowest BCUT2D eigenvalue weighted by Gasteiger charge is -2.07. The molecule has 0 aliphatic rings. The Morgan fingerprint density at radius 2 is 2.54 bits per heavy atom. The molecule has 0 radical (unpaired) electrons. The van der Waals surface area contributed by atoms with E-state index in [4.69, 9.17) is 0 Å². The zero-order valence-corrected chi connectivity index (χ0v) is 7.40. The van der Waals surface area contributed by atoms with Crippen molar-refractivity contribution in [2.24, 2.45) is 0 Å². The van der Waals surface area contributed by atoms with Gasteiger partial charge < -0.3 is 10.4 Å². The molecule has 0 aromatic carbocycles. The number of aliphatic hydroxyl groups is 1. The first-order valence-corrected chi connectivity index (χ1v) is 4.12. The molecule has 0 saturated carbocycles. The second-order valence-corrected chi connectivity index (χ2v) is 2.66. The maximum Gasteiger partial charge on any atom is 0.211 e. The lowest BCUT2D eigenvalue weighted by molar-refractivity contribution is -0.105. The van der Waals surface area contributed by atoms with E-state index in [1.807, 2.05) is 6.92 Å². The Balaban J connectivity index is 2.84. The molecule has 0 aliphatic carbocycles. The average Bonchev–Trinajstić information content (AvgIpc) is 2.18. The summed E-state index contributed by atoms with van der Waals surface area (Å²) in [7, 11) is 0. The molecular weight excluding hydrogens is 168 g/mol. The third-order valence-electron chi connectivity index (χ3n) is 1.73. The van der Waals surface area contributed by atoms with Crippen molar-refractivity contribution in [3.63, 3.8) is 0 Å². The molecule has 4 heteroatoms. The number of nitrogens with one attached hydrogen (secondary N) is 1. The number of carbonyl (C=O) groups excluding carboxylic acids is 1. The van der Waals surface area contributed by atoms with Gasteiger partial charge in [0.25, 0.3) is 0 Å². The molecule has 1 amide bonds. The van der Waals surface area contributed by atoms with E-state index in [0.29, 0.717) is 24.2 Å². The van der Waals surface area contributed by atoms with Gasteiger partial charge in [0.1, 0.15) is 0 Å². The standard InChI is InChI=1S/C9H12N2O2/c1-2-9(13)8-5-7(11-6-12)3-4-10-8/h3-6,9,13H,2H2,1H3,(H,10,11,12). The predicted octanol–water partition coefficient (Wildman–Crippen LogP) is 1.09. The molecule has 2 N–H and O–H groups in total. The van der Waals surface area contributed by atoms with Crippen molar-refractivity contribution in [3.8, 4) is 0 Å². The van der Waals surface area contributed by atoms with Crippen LogP contribution in [-0.4, -0.2) is 16.5 Å². The van der Waals surface area contributed by atoms with Crippen LogP contribution in [0.5, 0.6) is 0 Å². The molecule has 0 spiro atoms. The van der Waals surface area contributed by atoms with Crippen molar-refractivity contribution in [3.05, 3.63) is 24.0 Å². The molecule has 0 fully saturated rings. The van der Waals surface area contributed by atoms with E-state index in [2.05, 4.69) is 10.3 Å². The molecule has 1 aromatic rings. The first kappa shape index (κ1) is 9.67. The molecule has 1 rings (SSSR count). The zero-order valence-electron chi connectivity index (χ0n) is 7.40. The first-order valence-electron chi connectivity index (χ1n) is 4.12. The maximum atomic E-state index is 10.1. The number of amides is 1. The van der Waals surface area contributed by atoms with Gasteiger partial charge in [-0.15, -0.1) is 0 Å². The zero-order chi connectivity index (χ0) is 9.68. The van der Waals surface area contributed by atoms with Gasteiger partial charge in [0, 0.05) is 11.9 Å². The molecule has 1 aromatic heterocycles. The van der Waals surface area contributed by atoms with Crippen molar-refractivity contribution in [2.75, 3.05) is 5.32 Å². The van der Waals surface area contributed by atoms with Gasteiger partial charge >= 0.3 is 0 Å². The fourth-order valence-corrected chi connectivity index (χ4v) is 0.998. The molecule has 4 nitrogen and oxygen atoms in total. The number of rotatable bonds is 4. The summed E-state index contributed by atoms with van der Waals surface area (Å²) in [6.07, 6.45) is 2.20. The first-order chi connectivity index (χ1) is 6.27. The normalized spacial score (nSPS) is 12.2. The topological polar surface area (TPSA) is 62.2 Å². The van der Waals surface area contributed by atoms with Gasteiger partial charge in [0.15, 0.2) is 0 Å². The fraction of sp³-hybridized carbons (Fsp3) is 0.333. The number of anilines is 1. The van der Waals surface area contributed by atoms with Gasteiger partial charge in [-0.1, -0.05) is 6.92 Å². The Labute approximate surface area is 76.6 Å². The third-order valence-corrected chi connectivity index (χ3v) is 1.73. The lowest BCUT2D eigenvalue weighted by atomic mass is 10.2. The maximum absolute atomic E-state index is 10.1. The number of hydrogen-bond donors (Lipinski definition) is 2. The highest BCUT2D eigenvalue weighted by molar-refractivity contribution is 5.70. The van der Waals surface area contributed by atoms with Gasteiger partial charge in [-0.3, -0.25) is 9.78 Å². The largest absolute Gasteiger partial charge is 0.387 e. The highest BCUT2D eigenvalue weighted by atomic mass is 16.3. The van der Waals surface area contributed by atoms with Gasteiger partial charge in [-0.25, -0.2) is 0 Å². The molecule has 0 aliphatic heterocycles. The van der Waals surface area contributed by atoms with Crippen LogP contribution in [0, 0.1) is 0 Å². The molecule has 1 unspecified atom stereocenters. The highest BCUT2D eigenvalue weighted by Gasteiger charge is 2.05. The molecule has 13 heavy (non-hydrogen) atoms. The van der Waals surface area contributed by atoms with Crippen molar-refractivity contribution < 1.29 is 9.90 Å². The van der Waals surface area contributed by atoms with E-state index >= 15 is 0 Å². The summed E-state index contributed by atoms with van der Waals surface area (Å²) in [6.45, 7) is 1.87. The summed E-state index contributed by atoms with van der Waals surface area (Å²) in [5, 5.41) is 11.9. The number of aliphatic hydroxyl groups excluding tert-OH is 1. The van der Waals surface area contributed by atoms with Crippen molar-refractivity contribution in [2.45, 2.75) is 19.4 Å². The predicted molar refractivity (Wildman–Crippen MR) is 49.2 cm³/mol. The number of hydrogen-bond acceptors (Lipinski definition) is 3. The quantitative estimate of drug-likeness (QED) is 0.682. The summed E-state index contributed by atoms with van der Waals surface area (Å²) in [6, 6.07) is 3.32. The fourth-order valence-electron chi connectivity index (χ4n) is 0.998. The number of nitrogens with zero attached hydrogens (tertiary/aromatic N) is 1. The van der Waals surface area contributed by atoms with E-state index in [1.54, 1.807) is 18.3 Å². The van der Waals surface area contributed by atoms with Gasteiger partial charge in [-0.05, 0) is 18.6 Å². The Hall–Kier alpha value is -1.42. The van der Waals surface area contributed by atoms with Crippen LogP contribution in [0.4, 0.5) is 5.69 Å². The Morgan fingerprint density at radius 1 is 1.77 bits per heavy atom. The van der Waals surface area contributed by atoms with Crippen molar-refractivity contribution >= 4 is 12.1 Å².